The van der Waals surface area contributed by atoms with Gasteiger partial charge in [0.15, 0.2) is 0 Å². The average molecular weight is 401 g/mol. The zero-order chi connectivity index (χ0) is 20.1. The van der Waals surface area contributed by atoms with Crippen LogP contribution in [0.25, 0.3) is 0 Å². The summed E-state index contributed by atoms with van der Waals surface area (Å²) < 4.78 is 27.0. The van der Waals surface area contributed by atoms with Gasteiger partial charge in [-0.05, 0) is 55.7 Å². The van der Waals surface area contributed by atoms with Crippen molar-refractivity contribution >= 4 is 21.6 Å². The summed E-state index contributed by atoms with van der Waals surface area (Å²) in [6.07, 6.45) is 6.85. The van der Waals surface area contributed by atoms with Gasteiger partial charge in [-0.15, -0.1) is 0 Å². The van der Waals surface area contributed by atoms with E-state index in [-0.39, 0.29) is 16.8 Å². The fourth-order valence-corrected chi connectivity index (χ4v) is 5.00. The molecule has 28 heavy (non-hydrogen) atoms. The molecule has 5 nitrogen and oxygen atoms in total. The summed E-state index contributed by atoms with van der Waals surface area (Å²) >= 11 is 0. The topological polar surface area (TPSA) is 66.5 Å². The number of carbonyl (C=O) groups is 1. The monoisotopic (exact) mass is 400 g/mol. The largest absolute Gasteiger partial charge is 0.349 e. The van der Waals surface area contributed by atoms with Crippen LogP contribution in [0.4, 0.5) is 5.69 Å². The van der Waals surface area contributed by atoms with E-state index in [2.05, 4.69) is 5.32 Å². The number of rotatable bonds is 5. The summed E-state index contributed by atoms with van der Waals surface area (Å²) in [6, 6.07) is 13.7. The highest BCUT2D eigenvalue weighted by Gasteiger charge is 2.23. The second kappa shape index (κ2) is 8.78. The van der Waals surface area contributed by atoms with Crippen molar-refractivity contribution in [2.75, 3.05) is 11.4 Å². The molecule has 0 spiro atoms. The van der Waals surface area contributed by atoms with Crippen molar-refractivity contribution < 1.29 is 13.2 Å². The van der Waals surface area contributed by atoms with Crippen LogP contribution in [0.1, 0.15) is 54.4 Å². The molecule has 0 aliphatic heterocycles. The number of sulfonamides is 1. The van der Waals surface area contributed by atoms with Gasteiger partial charge in [0.2, 0.25) is 0 Å². The quantitative estimate of drug-likeness (QED) is 0.762. The Hall–Kier alpha value is -2.34. The Morgan fingerprint density at radius 2 is 1.64 bits per heavy atom. The fraction of sp³-hybridized carbons (Fsp3) is 0.409. The van der Waals surface area contributed by atoms with Gasteiger partial charge in [0.25, 0.3) is 15.9 Å². The number of nitrogens with zero attached hydrogens (tertiary/aromatic N) is 1. The summed E-state index contributed by atoms with van der Waals surface area (Å²) in [4.78, 5) is 12.9. The van der Waals surface area contributed by atoms with Gasteiger partial charge in [-0.25, -0.2) is 8.42 Å². The van der Waals surface area contributed by atoms with Gasteiger partial charge >= 0.3 is 0 Å². The third-order valence-corrected chi connectivity index (χ3v) is 7.18. The van der Waals surface area contributed by atoms with Crippen molar-refractivity contribution in [3.8, 4) is 0 Å². The van der Waals surface area contributed by atoms with Crippen molar-refractivity contribution in [3.63, 3.8) is 0 Å². The van der Waals surface area contributed by atoms with Crippen LogP contribution in [-0.2, 0) is 10.0 Å². The predicted molar refractivity (Wildman–Crippen MR) is 112 cm³/mol. The van der Waals surface area contributed by atoms with Gasteiger partial charge in [0.05, 0.1) is 10.6 Å². The summed E-state index contributed by atoms with van der Waals surface area (Å²) in [5.41, 5.74) is 1.88. The number of benzene rings is 2. The van der Waals surface area contributed by atoms with Crippen molar-refractivity contribution in [1.82, 2.24) is 5.32 Å². The lowest BCUT2D eigenvalue weighted by Gasteiger charge is -2.22. The smallest absolute Gasteiger partial charge is 0.264 e. The standard InChI is InChI=1S/C22H28N2O3S/c1-17-16-18(22(25)23-19-10-6-3-4-7-11-19)14-15-21(17)24(2)28(26,27)20-12-8-5-9-13-20/h5,8-9,12-16,19H,3-4,6-7,10-11H2,1-2H3,(H,23,25). The lowest BCUT2D eigenvalue weighted by Crippen LogP contribution is -2.34. The molecule has 3 rings (SSSR count). The lowest BCUT2D eigenvalue weighted by molar-refractivity contribution is 0.0933. The minimum absolute atomic E-state index is 0.0879. The maximum atomic E-state index is 12.8. The van der Waals surface area contributed by atoms with Crippen molar-refractivity contribution in [2.24, 2.45) is 0 Å². The molecule has 6 heteroatoms. The van der Waals surface area contributed by atoms with Crippen LogP contribution >= 0.6 is 0 Å². The zero-order valence-corrected chi connectivity index (χ0v) is 17.3. The number of carbonyl (C=O) groups excluding carboxylic acids is 1. The highest BCUT2D eigenvalue weighted by molar-refractivity contribution is 7.92. The molecule has 1 amide bonds. The van der Waals surface area contributed by atoms with Crippen molar-refractivity contribution in [3.05, 3.63) is 59.7 Å². The van der Waals surface area contributed by atoms with Crippen LogP contribution in [0.3, 0.4) is 0 Å². The molecule has 2 aromatic carbocycles. The van der Waals surface area contributed by atoms with E-state index in [9.17, 15) is 13.2 Å². The predicted octanol–water partition coefficient (Wildman–Crippen LogP) is 4.27. The molecule has 0 atom stereocenters. The van der Waals surface area contributed by atoms with E-state index >= 15 is 0 Å². The van der Waals surface area contributed by atoms with Crippen LogP contribution < -0.4 is 9.62 Å². The molecule has 2 aromatic rings. The molecule has 0 unspecified atom stereocenters. The van der Waals surface area contributed by atoms with E-state index in [4.69, 9.17) is 0 Å². The molecule has 1 aliphatic carbocycles. The van der Waals surface area contributed by atoms with E-state index in [1.807, 2.05) is 6.92 Å². The molecule has 0 radical (unpaired) electrons. The Labute approximate surface area is 167 Å². The summed E-state index contributed by atoms with van der Waals surface area (Å²) in [7, 11) is -2.10. The summed E-state index contributed by atoms with van der Waals surface area (Å²) in [5, 5.41) is 3.14. The van der Waals surface area contributed by atoms with Crippen LogP contribution in [-0.4, -0.2) is 27.4 Å². The molecule has 1 aliphatic rings. The Morgan fingerprint density at radius 3 is 2.25 bits per heavy atom. The third-order valence-electron chi connectivity index (χ3n) is 5.39. The Kier molecular flexibility index (Phi) is 6.39. The van der Waals surface area contributed by atoms with Gasteiger partial charge in [-0.3, -0.25) is 9.10 Å². The Balaban J connectivity index is 1.77. The normalized spacial score (nSPS) is 15.6. The number of nitrogens with one attached hydrogen (secondary N) is 1. The maximum Gasteiger partial charge on any atom is 0.264 e. The number of hydrogen-bond donors (Lipinski definition) is 1. The molecular formula is C22H28N2O3S. The Bertz CT molecular complexity index is 918. The minimum atomic E-state index is -3.64. The first-order chi connectivity index (χ1) is 13.4. The van der Waals surface area contributed by atoms with Crippen molar-refractivity contribution in [1.29, 1.82) is 0 Å². The molecule has 0 bridgehead atoms. The van der Waals surface area contributed by atoms with E-state index < -0.39 is 10.0 Å². The van der Waals surface area contributed by atoms with E-state index in [1.54, 1.807) is 48.5 Å². The van der Waals surface area contributed by atoms with Crippen molar-refractivity contribution in [2.45, 2.75) is 56.4 Å². The fourth-order valence-electron chi connectivity index (χ4n) is 3.72. The first-order valence-corrected chi connectivity index (χ1v) is 11.3. The molecule has 150 valence electrons. The van der Waals surface area contributed by atoms with E-state index in [1.165, 1.54) is 24.2 Å². The van der Waals surface area contributed by atoms with Gasteiger partial charge in [-0.1, -0.05) is 43.9 Å². The number of aryl methyl sites for hydroxylation is 1. The van der Waals surface area contributed by atoms with Crippen LogP contribution in [0.5, 0.6) is 0 Å². The first-order valence-electron chi connectivity index (χ1n) is 9.85. The van der Waals surface area contributed by atoms with Gasteiger partial charge in [-0.2, -0.15) is 0 Å². The highest BCUT2D eigenvalue weighted by Crippen LogP contribution is 2.26. The van der Waals surface area contributed by atoms with Crippen LogP contribution in [0.2, 0.25) is 0 Å². The number of anilines is 1. The molecule has 0 saturated heterocycles. The second-order valence-corrected chi connectivity index (χ2v) is 9.42. The maximum absolute atomic E-state index is 12.8. The van der Waals surface area contributed by atoms with Gasteiger partial charge in [0, 0.05) is 18.7 Å². The number of hydrogen-bond acceptors (Lipinski definition) is 3. The second-order valence-electron chi connectivity index (χ2n) is 7.45. The molecule has 0 aromatic heterocycles. The van der Waals surface area contributed by atoms with Gasteiger partial charge < -0.3 is 5.32 Å². The summed E-state index contributed by atoms with van der Waals surface area (Å²) in [6.45, 7) is 1.83. The molecule has 0 heterocycles. The molecule has 1 saturated carbocycles. The van der Waals surface area contributed by atoms with Crippen LogP contribution in [0.15, 0.2) is 53.4 Å². The molecule has 1 N–H and O–H groups in total. The zero-order valence-electron chi connectivity index (χ0n) is 16.5. The minimum Gasteiger partial charge on any atom is -0.349 e. The Morgan fingerprint density at radius 1 is 1.00 bits per heavy atom. The van der Waals surface area contributed by atoms with Gasteiger partial charge in [0.1, 0.15) is 0 Å². The number of amides is 1. The van der Waals surface area contributed by atoms with Crippen LogP contribution in [0, 0.1) is 6.92 Å². The first kappa shape index (κ1) is 20.4. The SMILES string of the molecule is Cc1cc(C(=O)NC2CCCCCC2)ccc1N(C)S(=O)(=O)c1ccccc1. The van der Waals surface area contributed by atoms with E-state index in [0.29, 0.717) is 11.3 Å². The molecular weight excluding hydrogens is 372 g/mol. The van der Waals surface area contributed by atoms with E-state index in [0.717, 1.165) is 31.2 Å². The highest BCUT2D eigenvalue weighted by atomic mass is 32.2. The average Bonchev–Trinajstić information content (AvgIpc) is 2.96. The third kappa shape index (κ3) is 4.55. The summed E-state index contributed by atoms with van der Waals surface area (Å²) in [5.74, 6) is -0.0879. The molecule has 1 fully saturated rings. The lowest BCUT2D eigenvalue weighted by atomic mass is 10.1.